The molecule has 10 heteroatoms. The number of benzene rings is 3. The van der Waals surface area contributed by atoms with Crippen LogP contribution in [0.4, 0.5) is 18.9 Å². The molecule has 0 aliphatic rings. The van der Waals surface area contributed by atoms with Crippen LogP contribution < -0.4 is 5.43 Å². The highest BCUT2D eigenvalue weighted by Gasteiger charge is 2.33. The van der Waals surface area contributed by atoms with Crippen LogP contribution in [0.15, 0.2) is 59.7 Å². The molecule has 0 aromatic heterocycles. The fourth-order valence-electron chi connectivity index (χ4n) is 2.86. The molecule has 3 rings (SSSR count). The Bertz CT molecular complexity index is 1160. The lowest BCUT2D eigenvalue weighted by atomic mass is 10.0. The monoisotopic (exact) mass is 417 g/mol. The number of nitrogens with one attached hydrogen (secondary N) is 1. The number of hydrogen-bond acceptors (Lipinski definition) is 5. The molecule has 0 heterocycles. The molecular weight excluding hydrogens is 403 g/mol. The molecule has 0 unspecified atom stereocenters. The predicted molar refractivity (Wildman–Crippen MR) is 103 cm³/mol. The van der Waals surface area contributed by atoms with Gasteiger partial charge in [0, 0.05) is 17.2 Å². The van der Waals surface area contributed by atoms with E-state index in [1.165, 1.54) is 12.3 Å². The van der Waals surface area contributed by atoms with Crippen molar-refractivity contribution < 1.29 is 28.0 Å². The van der Waals surface area contributed by atoms with Gasteiger partial charge in [0.2, 0.25) is 5.91 Å². The van der Waals surface area contributed by atoms with Gasteiger partial charge in [0.05, 0.1) is 23.1 Å². The Morgan fingerprint density at radius 1 is 1.17 bits per heavy atom. The number of phenolic OH excluding ortho intramolecular Hbond substituents is 1. The molecule has 1 amide bonds. The molecule has 7 nitrogen and oxygen atoms in total. The number of nitro groups is 1. The number of phenols is 1. The van der Waals surface area contributed by atoms with E-state index in [4.69, 9.17) is 0 Å². The number of fused-ring (bicyclic) bond motifs is 1. The van der Waals surface area contributed by atoms with Gasteiger partial charge in [-0.15, -0.1) is 0 Å². The summed E-state index contributed by atoms with van der Waals surface area (Å²) in [5.74, 6) is -0.834. The van der Waals surface area contributed by atoms with E-state index in [1.54, 1.807) is 18.2 Å². The van der Waals surface area contributed by atoms with Crippen LogP contribution in [-0.4, -0.2) is 22.2 Å². The van der Waals surface area contributed by atoms with Crippen molar-refractivity contribution in [2.45, 2.75) is 12.6 Å². The van der Waals surface area contributed by atoms with E-state index < -0.39 is 34.7 Å². The number of hydrogen-bond donors (Lipinski definition) is 2. The molecule has 0 aliphatic heterocycles. The lowest BCUT2D eigenvalue weighted by Gasteiger charge is -2.08. The number of alkyl halides is 3. The van der Waals surface area contributed by atoms with Crippen molar-refractivity contribution in [3.8, 4) is 5.75 Å². The van der Waals surface area contributed by atoms with Crippen molar-refractivity contribution in [1.82, 2.24) is 5.43 Å². The number of nitrogens with zero attached hydrogens (tertiary/aromatic N) is 2. The average Bonchev–Trinajstić information content (AvgIpc) is 2.69. The van der Waals surface area contributed by atoms with E-state index in [0.717, 1.165) is 11.5 Å². The molecule has 0 spiro atoms. The Balaban J connectivity index is 1.77. The summed E-state index contributed by atoms with van der Waals surface area (Å²) in [7, 11) is 0. The van der Waals surface area contributed by atoms with Crippen LogP contribution >= 0.6 is 0 Å². The first kappa shape index (κ1) is 20.8. The fraction of sp³-hybridized carbons (Fsp3) is 0.100. The topological polar surface area (TPSA) is 105 Å². The van der Waals surface area contributed by atoms with Gasteiger partial charge in [-0.25, -0.2) is 5.43 Å². The number of rotatable bonds is 5. The molecule has 0 bridgehead atoms. The van der Waals surface area contributed by atoms with Crippen LogP contribution in [0.5, 0.6) is 5.75 Å². The minimum atomic E-state index is -4.74. The number of hydrazone groups is 1. The van der Waals surface area contributed by atoms with Gasteiger partial charge < -0.3 is 5.11 Å². The third kappa shape index (κ3) is 4.54. The Hall–Kier alpha value is -3.95. The first-order valence-corrected chi connectivity index (χ1v) is 8.54. The highest BCUT2D eigenvalue weighted by Crippen LogP contribution is 2.33. The highest BCUT2D eigenvalue weighted by molar-refractivity contribution is 6.02. The van der Waals surface area contributed by atoms with Gasteiger partial charge in [0.15, 0.2) is 0 Å². The van der Waals surface area contributed by atoms with Crippen molar-refractivity contribution in [3.05, 3.63) is 81.4 Å². The van der Waals surface area contributed by atoms with E-state index in [-0.39, 0.29) is 11.3 Å². The van der Waals surface area contributed by atoms with Crippen molar-refractivity contribution >= 4 is 28.6 Å². The molecule has 0 aliphatic carbocycles. The number of aromatic hydroxyl groups is 1. The lowest BCUT2D eigenvalue weighted by Crippen LogP contribution is -2.20. The standard InChI is InChI=1S/C20H14F3N3O4/c21-20(22,23)14-7-5-13(17(10-14)26(29)30)9-19(28)25-24-11-16-15-4-2-1-3-12(15)6-8-18(16)27/h1-8,10-11,27H,9H2,(H,25,28)/b24-11+. The normalized spacial score (nSPS) is 11.7. The zero-order valence-electron chi connectivity index (χ0n) is 15.2. The van der Waals surface area contributed by atoms with Crippen molar-refractivity contribution in [1.29, 1.82) is 0 Å². The molecule has 0 atom stereocenters. The van der Waals surface area contributed by atoms with E-state index in [9.17, 15) is 33.2 Å². The Kier molecular flexibility index (Phi) is 5.67. The van der Waals surface area contributed by atoms with Crippen LogP contribution in [0.3, 0.4) is 0 Å². The zero-order valence-corrected chi connectivity index (χ0v) is 15.2. The Morgan fingerprint density at radius 3 is 2.60 bits per heavy atom. The molecule has 0 saturated carbocycles. The predicted octanol–water partition coefficient (Wildman–Crippen LogP) is 4.17. The average molecular weight is 417 g/mol. The van der Waals surface area contributed by atoms with Crippen LogP contribution in [0.25, 0.3) is 10.8 Å². The highest BCUT2D eigenvalue weighted by atomic mass is 19.4. The molecule has 0 fully saturated rings. The fourth-order valence-corrected chi connectivity index (χ4v) is 2.86. The second-order valence-corrected chi connectivity index (χ2v) is 6.29. The second-order valence-electron chi connectivity index (χ2n) is 6.29. The summed E-state index contributed by atoms with van der Waals surface area (Å²) in [6, 6.07) is 12.3. The Morgan fingerprint density at radius 2 is 1.90 bits per heavy atom. The quantitative estimate of drug-likeness (QED) is 0.369. The lowest BCUT2D eigenvalue weighted by molar-refractivity contribution is -0.385. The third-order valence-electron chi connectivity index (χ3n) is 4.29. The smallest absolute Gasteiger partial charge is 0.416 e. The minimum Gasteiger partial charge on any atom is -0.507 e. The van der Waals surface area contributed by atoms with Crippen LogP contribution in [-0.2, 0) is 17.4 Å². The van der Waals surface area contributed by atoms with Gasteiger partial charge in [-0.05, 0) is 22.9 Å². The largest absolute Gasteiger partial charge is 0.507 e. The van der Waals surface area contributed by atoms with Gasteiger partial charge in [-0.2, -0.15) is 18.3 Å². The van der Waals surface area contributed by atoms with E-state index >= 15 is 0 Å². The van der Waals surface area contributed by atoms with E-state index in [2.05, 4.69) is 10.5 Å². The Labute approximate surface area is 167 Å². The van der Waals surface area contributed by atoms with Gasteiger partial charge in [0.25, 0.3) is 5.69 Å². The number of amides is 1. The van der Waals surface area contributed by atoms with Gasteiger partial charge in [-0.3, -0.25) is 14.9 Å². The molecule has 2 N–H and O–H groups in total. The van der Waals surface area contributed by atoms with Crippen LogP contribution in [0.1, 0.15) is 16.7 Å². The molecule has 154 valence electrons. The maximum absolute atomic E-state index is 12.8. The maximum Gasteiger partial charge on any atom is 0.416 e. The number of halogens is 3. The summed E-state index contributed by atoms with van der Waals surface area (Å²) in [4.78, 5) is 22.2. The van der Waals surface area contributed by atoms with Crippen molar-refractivity contribution in [2.75, 3.05) is 0 Å². The first-order valence-electron chi connectivity index (χ1n) is 8.54. The number of carbonyl (C=O) groups excluding carboxylic acids is 1. The molecule has 30 heavy (non-hydrogen) atoms. The zero-order chi connectivity index (χ0) is 21.9. The van der Waals surface area contributed by atoms with Crippen molar-refractivity contribution in [3.63, 3.8) is 0 Å². The summed E-state index contributed by atoms with van der Waals surface area (Å²) in [5, 5.41) is 26.4. The molecule has 3 aromatic carbocycles. The van der Waals surface area contributed by atoms with E-state index in [0.29, 0.717) is 23.1 Å². The summed E-state index contributed by atoms with van der Waals surface area (Å²) < 4.78 is 38.3. The molecule has 0 saturated heterocycles. The summed E-state index contributed by atoms with van der Waals surface area (Å²) in [6.07, 6.45) is -4.07. The second kappa shape index (κ2) is 8.19. The van der Waals surface area contributed by atoms with Crippen molar-refractivity contribution in [2.24, 2.45) is 5.10 Å². The van der Waals surface area contributed by atoms with Gasteiger partial charge in [-0.1, -0.05) is 36.4 Å². The summed E-state index contributed by atoms with van der Waals surface area (Å²) >= 11 is 0. The molecule has 0 radical (unpaired) electrons. The molecule has 3 aromatic rings. The van der Waals surface area contributed by atoms with Crippen LogP contribution in [0, 0.1) is 10.1 Å². The summed E-state index contributed by atoms with van der Waals surface area (Å²) in [6.45, 7) is 0. The maximum atomic E-state index is 12.8. The number of nitro benzene ring substituents is 1. The van der Waals surface area contributed by atoms with Crippen LogP contribution in [0.2, 0.25) is 0 Å². The van der Waals surface area contributed by atoms with Gasteiger partial charge >= 0.3 is 6.18 Å². The summed E-state index contributed by atoms with van der Waals surface area (Å²) in [5.41, 5.74) is 0.339. The SMILES string of the molecule is O=C(Cc1ccc(C(F)(F)F)cc1[N+](=O)[O-])N/N=C/c1c(O)ccc2ccccc12. The minimum absolute atomic E-state index is 0.0647. The van der Waals surface area contributed by atoms with E-state index in [1.807, 2.05) is 12.1 Å². The van der Waals surface area contributed by atoms with Gasteiger partial charge in [0.1, 0.15) is 5.75 Å². The third-order valence-corrected chi connectivity index (χ3v) is 4.29. The number of carbonyl (C=O) groups is 1. The first-order chi connectivity index (χ1) is 14.2. The molecular formula is C20H14F3N3O4.